The van der Waals surface area contributed by atoms with E-state index >= 15 is 0 Å². The number of hydrogen-bond acceptors (Lipinski definition) is 2. The number of hydrogen-bond donors (Lipinski definition) is 1. The number of carboxylic acid groups (broad SMARTS) is 1. The third kappa shape index (κ3) is 5.52. The first-order valence-corrected chi connectivity index (χ1v) is 7.16. The van der Waals surface area contributed by atoms with Crippen molar-refractivity contribution in [1.29, 1.82) is 0 Å². The van der Waals surface area contributed by atoms with Crippen LogP contribution in [0.4, 0.5) is 5.69 Å². The molecule has 19 heavy (non-hydrogen) atoms. The van der Waals surface area contributed by atoms with Gasteiger partial charge in [0.15, 0.2) is 0 Å². The van der Waals surface area contributed by atoms with Crippen molar-refractivity contribution in [2.24, 2.45) is 0 Å². The predicted molar refractivity (Wildman–Crippen MR) is 80.0 cm³/mol. The zero-order valence-electron chi connectivity index (χ0n) is 11.6. The summed E-state index contributed by atoms with van der Waals surface area (Å²) in [7, 11) is 0. The van der Waals surface area contributed by atoms with Gasteiger partial charge >= 0.3 is 5.97 Å². The topological polar surface area (TPSA) is 40.5 Å². The summed E-state index contributed by atoms with van der Waals surface area (Å²) >= 11 is 5.98. The molecule has 0 aliphatic rings. The summed E-state index contributed by atoms with van der Waals surface area (Å²) in [6, 6.07) is 7.57. The lowest BCUT2D eigenvalue weighted by atomic mass is 10.1. The Hall–Kier alpha value is -1.22. The standard InChI is InChI=1S/C15H22ClNO2/c1-3-4-5-7-12(2)17(11-15(18)19)14-9-6-8-13(16)10-14/h6,8-10,12H,3-5,7,11H2,1-2H3,(H,18,19). The molecule has 0 fully saturated rings. The largest absolute Gasteiger partial charge is 0.480 e. The first kappa shape index (κ1) is 15.8. The highest BCUT2D eigenvalue weighted by molar-refractivity contribution is 6.30. The summed E-state index contributed by atoms with van der Waals surface area (Å²) in [5, 5.41) is 9.69. The van der Waals surface area contributed by atoms with Crippen LogP contribution in [0.1, 0.15) is 39.5 Å². The van der Waals surface area contributed by atoms with Gasteiger partial charge in [0.05, 0.1) is 0 Å². The Bertz CT molecular complexity index is 409. The maximum absolute atomic E-state index is 11.0. The molecule has 1 atom stereocenters. The third-order valence-corrected chi connectivity index (χ3v) is 3.44. The Balaban J connectivity index is 2.78. The number of carboxylic acids is 1. The number of aliphatic carboxylic acids is 1. The van der Waals surface area contributed by atoms with Crippen LogP contribution >= 0.6 is 11.6 Å². The van der Waals surface area contributed by atoms with E-state index in [2.05, 4.69) is 13.8 Å². The van der Waals surface area contributed by atoms with E-state index in [4.69, 9.17) is 16.7 Å². The molecular formula is C15H22ClNO2. The fraction of sp³-hybridized carbons (Fsp3) is 0.533. The van der Waals surface area contributed by atoms with Crippen LogP contribution in [0.5, 0.6) is 0 Å². The molecular weight excluding hydrogens is 262 g/mol. The highest BCUT2D eigenvalue weighted by Gasteiger charge is 2.17. The zero-order valence-corrected chi connectivity index (χ0v) is 12.4. The molecule has 1 aromatic rings. The van der Waals surface area contributed by atoms with Gasteiger partial charge in [0.2, 0.25) is 0 Å². The van der Waals surface area contributed by atoms with Gasteiger partial charge in [-0.3, -0.25) is 4.79 Å². The summed E-state index contributed by atoms with van der Waals surface area (Å²) < 4.78 is 0. The SMILES string of the molecule is CCCCCC(C)N(CC(=O)O)c1cccc(Cl)c1. The van der Waals surface area contributed by atoms with Crippen molar-refractivity contribution in [3.05, 3.63) is 29.3 Å². The Labute approximate surface area is 120 Å². The normalized spacial score (nSPS) is 12.2. The van der Waals surface area contributed by atoms with Gasteiger partial charge in [-0.15, -0.1) is 0 Å². The van der Waals surface area contributed by atoms with Crippen molar-refractivity contribution in [2.75, 3.05) is 11.4 Å². The zero-order chi connectivity index (χ0) is 14.3. The second-order valence-corrected chi connectivity index (χ2v) is 5.28. The minimum absolute atomic E-state index is 0.00757. The van der Waals surface area contributed by atoms with E-state index in [1.165, 1.54) is 12.8 Å². The highest BCUT2D eigenvalue weighted by atomic mass is 35.5. The molecule has 1 unspecified atom stereocenters. The fourth-order valence-electron chi connectivity index (χ4n) is 2.15. The van der Waals surface area contributed by atoms with Crippen molar-refractivity contribution in [3.8, 4) is 0 Å². The van der Waals surface area contributed by atoms with Gasteiger partial charge in [0.25, 0.3) is 0 Å². The first-order chi connectivity index (χ1) is 9.04. The lowest BCUT2D eigenvalue weighted by Gasteiger charge is -2.30. The lowest BCUT2D eigenvalue weighted by molar-refractivity contribution is -0.135. The van der Waals surface area contributed by atoms with E-state index in [-0.39, 0.29) is 12.6 Å². The number of rotatable bonds is 8. The minimum Gasteiger partial charge on any atom is -0.480 e. The Kier molecular flexibility index (Phi) is 6.71. The second kappa shape index (κ2) is 8.05. The van der Waals surface area contributed by atoms with Crippen molar-refractivity contribution in [1.82, 2.24) is 0 Å². The highest BCUT2D eigenvalue weighted by Crippen LogP contribution is 2.23. The maximum atomic E-state index is 11.0. The lowest BCUT2D eigenvalue weighted by Crippen LogP contribution is -2.37. The summed E-state index contributed by atoms with van der Waals surface area (Å²) in [4.78, 5) is 12.9. The van der Waals surface area contributed by atoms with Gasteiger partial charge in [-0.05, 0) is 31.5 Å². The Morgan fingerprint density at radius 2 is 2.16 bits per heavy atom. The van der Waals surface area contributed by atoms with Crippen molar-refractivity contribution in [3.63, 3.8) is 0 Å². The molecule has 4 heteroatoms. The van der Waals surface area contributed by atoms with Crippen LogP contribution in [0.3, 0.4) is 0 Å². The van der Waals surface area contributed by atoms with Crippen LogP contribution < -0.4 is 4.90 Å². The average molecular weight is 284 g/mol. The molecule has 0 amide bonds. The van der Waals surface area contributed by atoms with Crippen molar-refractivity contribution < 1.29 is 9.90 Å². The Morgan fingerprint density at radius 1 is 1.42 bits per heavy atom. The minimum atomic E-state index is -0.817. The van der Waals surface area contributed by atoms with Crippen LogP contribution in [0, 0.1) is 0 Å². The van der Waals surface area contributed by atoms with Crippen LogP contribution in [-0.2, 0) is 4.79 Å². The second-order valence-electron chi connectivity index (χ2n) is 4.85. The third-order valence-electron chi connectivity index (χ3n) is 3.20. The molecule has 0 radical (unpaired) electrons. The molecule has 0 aromatic heterocycles. The van der Waals surface area contributed by atoms with Crippen LogP contribution in [0.25, 0.3) is 0 Å². The van der Waals surface area contributed by atoms with E-state index in [0.29, 0.717) is 5.02 Å². The molecule has 0 aliphatic heterocycles. The number of anilines is 1. The molecule has 0 saturated heterocycles. The number of benzene rings is 1. The summed E-state index contributed by atoms with van der Waals surface area (Å²) in [5.41, 5.74) is 0.874. The predicted octanol–water partition coefficient (Wildman–Crippen LogP) is 4.20. The quantitative estimate of drug-likeness (QED) is 0.727. The van der Waals surface area contributed by atoms with Crippen LogP contribution in [0.15, 0.2) is 24.3 Å². The maximum Gasteiger partial charge on any atom is 0.323 e. The van der Waals surface area contributed by atoms with E-state index < -0.39 is 5.97 Å². The summed E-state index contributed by atoms with van der Waals surface area (Å²) in [5.74, 6) is -0.817. The van der Waals surface area contributed by atoms with Gasteiger partial charge < -0.3 is 10.0 Å². The van der Waals surface area contributed by atoms with Gasteiger partial charge in [-0.2, -0.15) is 0 Å². The number of unbranched alkanes of at least 4 members (excludes halogenated alkanes) is 2. The number of halogens is 1. The molecule has 106 valence electrons. The molecule has 0 bridgehead atoms. The van der Waals surface area contributed by atoms with Crippen LogP contribution in [0.2, 0.25) is 5.02 Å². The smallest absolute Gasteiger partial charge is 0.323 e. The van der Waals surface area contributed by atoms with E-state index in [0.717, 1.165) is 18.5 Å². The fourth-order valence-corrected chi connectivity index (χ4v) is 2.33. The van der Waals surface area contributed by atoms with E-state index in [1.807, 2.05) is 23.1 Å². The molecule has 0 aliphatic carbocycles. The van der Waals surface area contributed by atoms with Gasteiger partial charge in [0, 0.05) is 16.8 Å². The van der Waals surface area contributed by atoms with E-state index in [1.54, 1.807) is 6.07 Å². The molecule has 1 N–H and O–H groups in total. The van der Waals surface area contributed by atoms with Gasteiger partial charge in [-0.1, -0.05) is 43.9 Å². The molecule has 0 heterocycles. The van der Waals surface area contributed by atoms with Crippen molar-refractivity contribution >= 4 is 23.3 Å². The molecule has 0 spiro atoms. The van der Waals surface area contributed by atoms with Crippen molar-refractivity contribution in [2.45, 2.75) is 45.6 Å². The molecule has 3 nitrogen and oxygen atoms in total. The number of nitrogens with zero attached hydrogens (tertiary/aromatic N) is 1. The number of carbonyl (C=O) groups is 1. The molecule has 1 aromatic carbocycles. The summed E-state index contributed by atoms with van der Waals surface area (Å²) in [6.07, 6.45) is 4.46. The molecule has 0 saturated carbocycles. The van der Waals surface area contributed by atoms with Gasteiger partial charge in [0.1, 0.15) is 6.54 Å². The average Bonchev–Trinajstić information content (AvgIpc) is 2.36. The Morgan fingerprint density at radius 3 is 2.74 bits per heavy atom. The van der Waals surface area contributed by atoms with Crippen LogP contribution in [-0.4, -0.2) is 23.7 Å². The first-order valence-electron chi connectivity index (χ1n) is 6.78. The van der Waals surface area contributed by atoms with Gasteiger partial charge in [-0.25, -0.2) is 0 Å². The molecule has 1 rings (SSSR count). The van der Waals surface area contributed by atoms with E-state index in [9.17, 15) is 4.79 Å². The summed E-state index contributed by atoms with van der Waals surface area (Å²) in [6.45, 7) is 4.24. The monoisotopic (exact) mass is 283 g/mol.